The number of esters is 1. The largest absolute Gasteiger partial charge is 0.504 e. The van der Waals surface area contributed by atoms with Gasteiger partial charge in [-0.1, -0.05) is 60.5 Å². The van der Waals surface area contributed by atoms with E-state index in [2.05, 4.69) is 41.5 Å². The minimum absolute atomic E-state index is 0.00597. The third-order valence-electron chi connectivity index (χ3n) is 13.5. The van der Waals surface area contributed by atoms with Crippen LogP contribution in [0.5, 0.6) is 11.5 Å². The molecule has 4 fully saturated rings. The fourth-order valence-electron chi connectivity index (χ4n) is 10.7. The van der Waals surface area contributed by atoms with Crippen LogP contribution in [0.1, 0.15) is 118 Å². The van der Waals surface area contributed by atoms with E-state index >= 15 is 0 Å². The SMILES string of the molecule is COc1cc(C=CC(=O)OC2CCCC3CC[C@@H]4[C@H](CC[C@]5(C)[C@@H]([C@H](C)CCC(C)C(C)C)CC[C@@H]45)[C@]32C)ccc1O. The lowest BCUT2D eigenvalue weighted by Gasteiger charge is -2.62. The molecule has 4 heteroatoms. The maximum absolute atomic E-state index is 13.2. The van der Waals surface area contributed by atoms with Gasteiger partial charge >= 0.3 is 5.97 Å². The summed E-state index contributed by atoms with van der Waals surface area (Å²) in [5.41, 5.74) is 1.35. The van der Waals surface area contributed by atoms with Gasteiger partial charge in [0.15, 0.2) is 11.5 Å². The van der Waals surface area contributed by atoms with E-state index in [1.54, 1.807) is 30.4 Å². The molecule has 10 atom stereocenters. The first-order valence-corrected chi connectivity index (χ1v) is 17.2. The Bertz CT molecular complexity index is 1120. The van der Waals surface area contributed by atoms with Crippen LogP contribution in [0.15, 0.2) is 24.3 Å². The standard InChI is InChI=1S/C38H58O4/c1-24(2)25(3)11-12-26(4)30-17-18-31-29-16-15-28-9-8-10-35(38(28,6)32(29)21-22-37(30,31)5)42-36(40)20-14-27-13-19-33(39)34(23-27)41-7/h13-14,19-20,23-26,28-32,35,39H,8-12,15-18,21-22H2,1-7H3/t25?,26-,28?,29+,30-,31+,32+,35?,37-,38+/m1/s1. The fraction of sp³-hybridized carbons (Fsp3) is 0.763. The highest BCUT2D eigenvalue weighted by Crippen LogP contribution is 2.68. The van der Waals surface area contributed by atoms with Crippen molar-refractivity contribution in [1.82, 2.24) is 0 Å². The van der Waals surface area contributed by atoms with Crippen LogP contribution in [0.3, 0.4) is 0 Å². The zero-order valence-corrected chi connectivity index (χ0v) is 27.5. The lowest BCUT2D eigenvalue weighted by atomic mass is 9.44. The second kappa shape index (κ2) is 12.6. The van der Waals surface area contributed by atoms with Crippen molar-refractivity contribution in [2.24, 2.45) is 58.2 Å². The van der Waals surface area contributed by atoms with Crippen molar-refractivity contribution in [3.05, 3.63) is 29.8 Å². The summed E-state index contributed by atoms with van der Waals surface area (Å²) in [6, 6.07) is 5.11. The highest BCUT2D eigenvalue weighted by molar-refractivity contribution is 5.87. The predicted octanol–water partition coefficient (Wildman–Crippen LogP) is 9.69. The number of aromatic hydroxyl groups is 1. The van der Waals surface area contributed by atoms with Crippen LogP contribution < -0.4 is 4.74 Å². The molecule has 1 aromatic carbocycles. The third kappa shape index (κ3) is 5.77. The number of methoxy groups -OCH3 is 1. The molecule has 4 aliphatic carbocycles. The number of benzene rings is 1. The van der Waals surface area contributed by atoms with Crippen LogP contribution in [-0.4, -0.2) is 24.3 Å². The van der Waals surface area contributed by atoms with E-state index in [1.807, 2.05) is 0 Å². The Morgan fingerprint density at radius 2 is 1.79 bits per heavy atom. The van der Waals surface area contributed by atoms with Crippen LogP contribution in [-0.2, 0) is 9.53 Å². The molecule has 5 rings (SSSR count). The number of rotatable bonds is 9. The summed E-state index contributed by atoms with van der Waals surface area (Å²) in [6.07, 6.45) is 17.6. The van der Waals surface area contributed by atoms with Gasteiger partial charge in [-0.3, -0.25) is 0 Å². The van der Waals surface area contributed by atoms with Crippen molar-refractivity contribution in [2.75, 3.05) is 7.11 Å². The van der Waals surface area contributed by atoms with Crippen LogP contribution in [0.4, 0.5) is 0 Å². The van der Waals surface area contributed by atoms with E-state index in [1.165, 1.54) is 64.9 Å². The van der Waals surface area contributed by atoms with Crippen molar-refractivity contribution in [3.63, 3.8) is 0 Å². The molecule has 0 aliphatic heterocycles. The number of phenols is 1. The van der Waals surface area contributed by atoms with Crippen LogP contribution in [0, 0.1) is 58.2 Å². The predicted molar refractivity (Wildman–Crippen MR) is 171 cm³/mol. The van der Waals surface area contributed by atoms with Crippen molar-refractivity contribution >= 4 is 12.0 Å². The minimum atomic E-state index is -0.248. The van der Waals surface area contributed by atoms with Gasteiger partial charge < -0.3 is 14.6 Å². The summed E-state index contributed by atoms with van der Waals surface area (Å²) in [6.45, 7) is 14.9. The summed E-state index contributed by atoms with van der Waals surface area (Å²) in [7, 11) is 1.53. The van der Waals surface area contributed by atoms with Crippen LogP contribution in [0.25, 0.3) is 6.08 Å². The number of hydrogen-bond acceptors (Lipinski definition) is 4. The van der Waals surface area contributed by atoms with Gasteiger partial charge in [0, 0.05) is 11.5 Å². The van der Waals surface area contributed by atoms with Gasteiger partial charge in [0.05, 0.1) is 7.11 Å². The summed E-state index contributed by atoms with van der Waals surface area (Å²) in [4.78, 5) is 13.2. The zero-order valence-electron chi connectivity index (χ0n) is 27.5. The average Bonchev–Trinajstić information content (AvgIpc) is 3.33. The summed E-state index contributed by atoms with van der Waals surface area (Å²) in [5.74, 6) is 6.43. The van der Waals surface area contributed by atoms with E-state index in [-0.39, 0.29) is 23.2 Å². The first-order chi connectivity index (χ1) is 20.0. The highest BCUT2D eigenvalue weighted by atomic mass is 16.5. The molecular weight excluding hydrogens is 520 g/mol. The molecule has 0 saturated heterocycles. The number of phenolic OH excluding ortho intramolecular Hbond substituents is 1. The number of hydrogen-bond donors (Lipinski definition) is 1. The number of fused-ring (bicyclic) bond motifs is 5. The smallest absolute Gasteiger partial charge is 0.331 e. The van der Waals surface area contributed by atoms with Gasteiger partial charge in [-0.2, -0.15) is 0 Å². The topological polar surface area (TPSA) is 55.8 Å². The Labute approximate surface area is 256 Å². The molecule has 4 aliphatic rings. The molecule has 4 saturated carbocycles. The Hall–Kier alpha value is -1.97. The molecule has 0 spiro atoms. The molecule has 42 heavy (non-hydrogen) atoms. The van der Waals surface area contributed by atoms with Crippen molar-refractivity contribution in [3.8, 4) is 11.5 Å². The van der Waals surface area contributed by atoms with Gasteiger partial charge in [0.2, 0.25) is 0 Å². The van der Waals surface area contributed by atoms with E-state index in [0.717, 1.165) is 53.9 Å². The Kier molecular flexibility index (Phi) is 9.41. The van der Waals surface area contributed by atoms with Gasteiger partial charge in [-0.05, 0) is 134 Å². The lowest BCUT2D eigenvalue weighted by Crippen LogP contribution is -2.58. The first-order valence-electron chi connectivity index (χ1n) is 17.2. The molecule has 0 heterocycles. The Balaban J connectivity index is 1.29. The highest BCUT2D eigenvalue weighted by Gasteiger charge is 2.62. The van der Waals surface area contributed by atoms with E-state index in [0.29, 0.717) is 23.0 Å². The van der Waals surface area contributed by atoms with E-state index < -0.39 is 0 Å². The molecule has 3 unspecified atom stereocenters. The van der Waals surface area contributed by atoms with E-state index in [9.17, 15) is 9.90 Å². The average molecular weight is 579 g/mol. The lowest BCUT2D eigenvalue weighted by molar-refractivity contribution is -0.188. The minimum Gasteiger partial charge on any atom is -0.504 e. The van der Waals surface area contributed by atoms with Gasteiger partial charge in [0.25, 0.3) is 0 Å². The van der Waals surface area contributed by atoms with Crippen LogP contribution in [0.2, 0.25) is 0 Å². The Morgan fingerprint density at radius 1 is 1.00 bits per heavy atom. The molecular formula is C38H58O4. The summed E-state index contributed by atoms with van der Waals surface area (Å²) >= 11 is 0. The second-order valence-electron chi connectivity index (χ2n) is 15.6. The quantitative estimate of drug-likeness (QED) is 0.234. The molecule has 4 nitrogen and oxygen atoms in total. The molecule has 0 aromatic heterocycles. The molecule has 1 N–H and O–H groups in total. The van der Waals surface area contributed by atoms with Crippen molar-refractivity contribution in [2.45, 2.75) is 118 Å². The second-order valence-corrected chi connectivity index (χ2v) is 15.6. The molecule has 234 valence electrons. The number of ether oxygens (including phenoxy) is 2. The first kappa shape index (κ1) is 31.5. The molecule has 0 bridgehead atoms. The normalized spacial score (nSPS) is 37.5. The van der Waals surface area contributed by atoms with Crippen molar-refractivity contribution in [1.29, 1.82) is 0 Å². The van der Waals surface area contributed by atoms with Crippen molar-refractivity contribution < 1.29 is 19.4 Å². The van der Waals surface area contributed by atoms with Gasteiger partial charge in [0.1, 0.15) is 6.10 Å². The summed E-state index contributed by atoms with van der Waals surface area (Å²) < 4.78 is 11.6. The third-order valence-corrected chi connectivity index (χ3v) is 13.5. The maximum atomic E-state index is 13.2. The molecule has 0 radical (unpaired) electrons. The van der Waals surface area contributed by atoms with Crippen LogP contribution >= 0.6 is 0 Å². The molecule has 0 amide bonds. The molecule has 1 aromatic rings. The summed E-state index contributed by atoms with van der Waals surface area (Å²) in [5, 5.41) is 9.90. The number of carbonyl (C=O) groups excluding carboxylic acids is 1. The fourth-order valence-corrected chi connectivity index (χ4v) is 10.7. The van der Waals surface area contributed by atoms with Gasteiger partial charge in [-0.15, -0.1) is 0 Å². The number of carbonyl (C=O) groups is 1. The van der Waals surface area contributed by atoms with Gasteiger partial charge in [-0.25, -0.2) is 4.79 Å². The maximum Gasteiger partial charge on any atom is 0.331 e. The zero-order chi connectivity index (χ0) is 30.2. The monoisotopic (exact) mass is 578 g/mol. The van der Waals surface area contributed by atoms with E-state index in [4.69, 9.17) is 9.47 Å². The Morgan fingerprint density at radius 3 is 2.52 bits per heavy atom.